The summed E-state index contributed by atoms with van der Waals surface area (Å²) < 4.78 is 5.44. The molecule has 0 saturated carbocycles. The monoisotopic (exact) mass is 286 g/mol. The second-order valence-corrected chi connectivity index (χ2v) is 4.98. The number of hydrogen-bond donors (Lipinski definition) is 2. The Balaban J connectivity index is 2.01. The summed E-state index contributed by atoms with van der Waals surface area (Å²) in [4.78, 5) is 12.0. The van der Waals surface area contributed by atoms with Gasteiger partial charge in [-0.3, -0.25) is 4.79 Å². The Hall–Kier alpha value is -2.07. The maximum absolute atomic E-state index is 12.0. The van der Waals surface area contributed by atoms with Crippen LogP contribution in [0.2, 0.25) is 0 Å². The zero-order valence-electron chi connectivity index (χ0n) is 12.8. The SMILES string of the molecule is CCNC(C)c1ccc(NC(=O)c2ccc(CC)o2)cc1. The molecule has 0 spiro atoms. The molecule has 1 unspecified atom stereocenters. The number of carbonyl (C=O) groups excluding carboxylic acids is 1. The highest BCUT2D eigenvalue weighted by atomic mass is 16.3. The number of amides is 1. The average Bonchev–Trinajstić information content (AvgIpc) is 2.97. The van der Waals surface area contributed by atoms with Crippen LogP contribution in [0.3, 0.4) is 0 Å². The van der Waals surface area contributed by atoms with Crippen LogP contribution >= 0.6 is 0 Å². The van der Waals surface area contributed by atoms with Crippen molar-refractivity contribution < 1.29 is 9.21 Å². The topological polar surface area (TPSA) is 54.3 Å². The molecule has 1 aromatic carbocycles. The van der Waals surface area contributed by atoms with Gasteiger partial charge in [0.05, 0.1) is 0 Å². The van der Waals surface area contributed by atoms with Gasteiger partial charge in [0, 0.05) is 18.2 Å². The second-order valence-electron chi connectivity index (χ2n) is 4.98. The Kier molecular flexibility index (Phi) is 5.17. The lowest BCUT2D eigenvalue weighted by atomic mass is 10.1. The first kappa shape index (κ1) is 15.3. The van der Waals surface area contributed by atoms with Crippen molar-refractivity contribution in [2.24, 2.45) is 0 Å². The largest absolute Gasteiger partial charge is 0.456 e. The van der Waals surface area contributed by atoms with Gasteiger partial charge in [0.2, 0.25) is 0 Å². The van der Waals surface area contributed by atoms with Crippen LogP contribution in [-0.4, -0.2) is 12.5 Å². The van der Waals surface area contributed by atoms with Crippen LogP contribution in [0.15, 0.2) is 40.8 Å². The van der Waals surface area contributed by atoms with Crippen LogP contribution in [0.1, 0.15) is 48.7 Å². The standard InChI is InChI=1S/C17H22N2O2/c1-4-15-10-11-16(21-15)17(20)19-14-8-6-13(7-9-14)12(3)18-5-2/h6-12,18H,4-5H2,1-3H3,(H,19,20). The Morgan fingerprint density at radius 3 is 2.43 bits per heavy atom. The number of anilines is 1. The first-order valence-electron chi connectivity index (χ1n) is 7.37. The fourth-order valence-electron chi connectivity index (χ4n) is 2.16. The molecule has 4 nitrogen and oxygen atoms in total. The third-order valence-corrected chi connectivity index (χ3v) is 3.41. The third kappa shape index (κ3) is 3.95. The summed E-state index contributed by atoms with van der Waals surface area (Å²) >= 11 is 0. The Morgan fingerprint density at radius 1 is 1.14 bits per heavy atom. The summed E-state index contributed by atoms with van der Waals surface area (Å²) in [5, 5.41) is 6.20. The normalized spacial score (nSPS) is 12.1. The molecule has 1 atom stereocenters. The van der Waals surface area contributed by atoms with Gasteiger partial charge in [0.15, 0.2) is 5.76 Å². The number of hydrogen-bond acceptors (Lipinski definition) is 3. The van der Waals surface area contributed by atoms with Crippen LogP contribution in [0.25, 0.3) is 0 Å². The highest BCUT2D eigenvalue weighted by molar-refractivity contribution is 6.02. The second kappa shape index (κ2) is 7.09. The van der Waals surface area contributed by atoms with Gasteiger partial charge in [-0.1, -0.05) is 26.0 Å². The van der Waals surface area contributed by atoms with Crippen LogP contribution < -0.4 is 10.6 Å². The summed E-state index contributed by atoms with van der Waals surface area (Å²) in [5.74, 6) is 0.939. The molecular weight excluding hydrogens is 264 g/mol. The molecule has 1 aromatic heterocycles. The lowest BCUT2D eigenvalue weighted by Crippen LogP contribution is -2.17. The molecule has 0 aliphatic heterocycles. The van der Waals surface area contributed by atoms with Gasteiger partial charge in [-0.2, -0.15) is 0 Å². The number of nitrogens with one attached hydrogen (secondary N) is 2. The van der Waals surface area contributed by atoms with Gasteiger partial charge < -0.3 is 15.1 Å². The van der Waals surface area contributed by atoms with E-state index in [0.717, 1.165) is 24.4 Å². The van der Waals surface area contributed by atoms with Crippen LogP contribution in [-0.2, 0) is 6.42 Å². The molecule has 2 N–H and O–H groups in total. The minimum atomic E-state index is -0.220. The molecule has 0 saturated heterocycles. The summed E-state index contributed by atoms with van der Waals surface area (Å²) in [7, 11) is 0. The maximum Gasteiger partial charge on any atom is 0.291 e. The van der Waals surface area contributed by atoms with Crippen molar-refractivity contribution in [1.29, 1.82) is 0 Å². The zero-order valence-corrected chi connectivity index (χ0v) is 12.8. The molecule has 0 aliphatic rings. The quantitative estimate of drug-likeness (QED) is 0.850. The number of carbonyl (C=O) groups is 1. The van der Waals surface area contributed by atoms with Gasteiger partial charge >= 0.3 is 0 Å². The molecule has 2 aromatic rings. The Bertz CT molecular complexity index is 587. The predicted octanol–water partition coefficient (Wildman–Crippen LogP) is 3.76. The third-order valence-electron chi connectivity index (χ3n) is 3.41. The fourth-order valence-corrected chi connectivity index (χ4v) is 2.16. The number of furan rings is 1. The number of benzene rings is 1. The van der Waals surface area contributed by atoms with E-state index in [2.05, 4.69) is 24.5 Å². The van der Waals surface area contributed by atoms with E-state index >= 15 is 0 Å². The van der Waals surface area contributed by atoms with Crippen LogP contribution in [0, 0.1) is 0 Å². The van der Waals surface area contributed by atoms with Gasteiger partial charge in [-0.15, -0.1) is 0 Å². The summed E-state index contributed by atoms with van der Waals surface area (Å²) in [6.45, 7) is 7.12. The average molecular weight is 286 g/mol. The van der Waals surface area contributed by atoms with Gasteiger partial charge in [-0.05, 0) is 43.3 Å². The van der Waals surface area contributed by atoms with Crippen molar-refractivity contribution >= 4 is 11.6 Å². The molecule has 0 aliphatic carbocycles. The molecule has 112 valence electrons. The molecule has 21 heavy (non-hydrogen) atoms. The van der Waals surface area contributed by atoms with Crippen LogP contribution in [0.4, 0.5) is 5.69 Å². The Morgan fingerprint density at radius 2 is 1.86 bits per heavy atom. The summed E-state index contributed by atoms with van der Waals surface area (Å²) in [6, 6.07) is 11.7. The van der Waals surface area contributed by atoms with E-state index in [-0.39, 0.29) is 5.91 Å². The minimum absolute atomic E-state index is 0.220. The molecule has 4 heteroatoms. The van der Waals surface area contributed by atoms with Crippen molar-refractivity contribution in [3.63, 3.8) is 0 Å². The molecule has 2 rings (SSSR count). The predicted molar refractivity (Wildman–Crippen MR) is 84.6 cm³/mol. The lowest BCUT2D eigenvalue weighted by Gasteiger charge is -2.13. The molecule has 1 amide bonds. The molecule has 0 bridgehead atoms. The maximum atomic E-state index is 12.0. The summed E-state index contributed by atoms with van der Waals surface area (Å²) in [6.07, 6.45) is 0.782. The summed E-state index contributed by atoms with van der Waals surface area (Å²) in [5.41, 5.74) is 1.96. The van der Waals surface area contributed by atoms with E-state index in [1.54, 1.807) is 6.07 Å². The lowest BCUT2D eigenvalue weighted by molar-refractivity contribution is 0.0995. The highest BCUT2D eigenvalue weighted by Crippen LogP contribution is 2.17. The van der Waals surface area contributed by atoms with Crippen molar-refractivity contribution in [3.05, 3.63) is 53.5 Å². The number of rotatable bonds is 6. The molecule has 1 heterocycles. The van der Waals surface area contributed by atoms with E-state index in [4.69, 9.17) is 4.42 Å². The van der Waals surface area contributed by atoms with Crippen molar-refractivity contribution in [1.82, 2.24) is 5.32 Å². The smallest absolute Gasteiger partial charge is 0.291 e. The van der Waals surface area contributed by atoms with E-state index < -0.39 is 0 Å². The van der Waals surface area contributed by atoms with E-state index in [9.17, 15) is 4.79 Å². The number of aryl methyl sites for hydroxylation is 1. The Labute approximate surface area is 125 Å². The van der Waals surface area contributed by atoms with E-state index in [1.165, 1.54) is 5.56 Å². The first-order chi connectivity index (χ1) is 10.1. The zero-order chi connectivity index (χ0) is 15.2. The van der Waals surface area contributed by atoms with E-state index in [1.807, 2.05) is 37.3 Å². The van der Waals surface area contributed by atoms with Gasteiger partial charge in [-0.25, -0.2) is 0 Å². The van der Waals surface area contributed by atoms with Crippen molar-refractivity contribution in [3.8, 4) is 0 Å². The van der Waals surface area contributed by atoms with Gasteiger partial charge in [0.1, 0.15) is 5.76 Å². The fraction of sp³-hybridized carbons (Fsp3) is 0.353. The highest BCUT2D eigenvalue weighted by Gasteiger charge is 2.11. The molecular formula is C17H22N2O2. The molecule has 0 radical (unpaired) electrons. The van der Waals surface area contributed by atoms with Crippen LogP contribution in [0.5, 0.6) is 0 Å². The van der Waals surface area contributed by atoms with Gasteiger partial charge in [0.25, 0.3) is 5.91 Å². The van der Waals surface area contributed by atoms with Crippen molar-refractivity contribution in [2.45, 2.75) is 33.2 Å². The van der Waals surface area contributed by atoms with E-state index in [0.29, 0.717) is 11.8 Å². The minimum Gasteiger partial charge on any atom is -0.456 e. The molecule has 0 fully saturated rings. The van der Waals surface area contributed by atoms with Crippen molar-refractivity contribution in [2.75, 3.05) is 11.9 Å². The first-order valence-corrected chi connectivity index (χ1v) is 7.37.